The quantitative estimate of drug-likeness (QED) is 0.474. The summed E-state index contributed by atoms with van der Waals surface area (Å²) in [4.78, 5) is 1.97. The van der Waals surface area contributed by atoms with E-state index in [9.17, 15) is 0 Å². The third-order valence-electron chi connectivity index (χ3n) is 2.79. The first kappa shape index (κ1) is 14.2. The number of nitrogens with one attached hydrogen (secondary N) is 2. The molecule has 2 N–H and O–H groups in total. The molecule has 0 spiro atoms. The van der Waals surface area contributed by atoms with Gasteiger partial charge in [0, 0.05) is 34.3 Å². The van der Waals surface area contributed by atoms with Gasteiger partial charge in [-0.05, 0) is 30.7 Å². The van der Waals surface area contributed by atoms with Crippen LogP contribution in [0.3, 0.4) is 0 Å². The lowest BCUT2D eigenvalue weighted by Gasteiger charge is -2.11. The highest BCUT2D eigenvalue weighted by Crippen LogP contribution is 2.19. The second-order valence-electron chi connectivity index (χ2n) is 4.24. The van der Waals surface area contributed by atoms with Crippen LogP contribution in [0, 0.1) is 0 Å². The lowest BCUT2D eigenvalue weighted by molar-refractivity contribution is 0.904. The van der Waals surface area contributed by atoms with Crippen molar-refractivity contribution < 1.29 is 0 Å². The zero-order valence-corrected chi connectivity index (χ0v) is 12.4. The minimum Gasteiger partial charge on any atom is -0.384 e. The van der Waals surface area contributed by atoms with E-state index in [4.69, 9.17) is 0 Å². The molecule has 19 heavy (non-hydrogen) atoms. The molecule has 0 atom stereocenters. The fraction of sp³-hybridized carbons (Fsp3) is 0.200. The Labute approximate surface area is 125 Å². The molecular weight excluding hydrogens is 272 g/mol. The first-order chi connectivity index (χ1) is 9.27. The van der Waals surface area contributed by atoms with Crippen molar-refractivity contribution in [3.8, 4) is 0 Å². The number of anilines is 2. The molecule has 0 aliphatic carbocycles. The van der Waals surface area contributed by atoms with Gasteiger partial charge < -0.3 is 10.6 Å². The van der Waals surface area contributed by atoms with E-state index in [0.717, 1.165) is 40.7 Å². The number of hydrogen-bond donors (Lipinski definition) is 4. The molecule has 0 saturated carbocycles. The SMILES string of the molecule is Sc1ccccc1NCCCNc1ccccc1S. The first-order valence-corrected chi connectivity index (χ1v) is 7.20. The molecule has 0 aliphatic heterocycles. The molecule has 0 heterocycles. The molecular formula is C15H18N2S2. The molecule has 4 heteroatoms. The number of rotatable bonds is 6. The second-order valence-corrected chi connectivity index (χ2v) is 5.21. The molecule has 0 unspecified atom stereocenters. The summed E-state index contributed by atoms with van der Waals surface area (Å²) in [5, 5.41) is 6.76. The Morgan fingerprint density at radius 2 is 1.11 bits per heavy atom. The number of hydrogen-bond acceptors (Lipinski definition) is 4. The Hall–Kier alpha value is -1.26. The highest BCUT2D eigenvalue weighted by molar-refractivity contribution is 7.80. The minimum absolute atomic E-state index is 0.916. The van der Waals surface area contributed by atoms with Crippen molar-refractivity contribution in [1.29, 1.82) is 0 Å². The Balaban J connectivity index is 1.71. The zero-order chi connectivity index (χ0) is 13.5. The van der Waals surface area contributed by atoms with Gasteiger partial charge in [0.25, 0.3) is 0 Å². The first-order valence-electron chi connectivity index (χ1n) is 6.31. The van der Waals surface area contributed by atoms with Crippen LogP contribution < -0.4 is 10.6 Å². The number of para-hydroxylation sites is 2. The smallest absolute Gasteiger partial charge is 0.0475 e. The topological polar surface area (TPSA) is 24.1 Å². The van der Waals surface area contributed by atoms with Crippen LogP contribution in [0.15, 0.2) is 58.3 Å². The Morgan fingerprint density at radius 3 is 1.53 bits per heavy atom. The fourth-order valence-electron chi connectivity index (χ4n) is 1.78. The van der Waals surface area contributed by atoms with Crippen molar-refractivity contribution in [3.05, 3.63) is 48.5 Å². The van der Waals surface area contributed by atoms with Gasteiger partial charge in [-0.2, -0.15) is 0 Å². The Bertz CT molecular complexity index is 482. The van der Waals surface area contributed by atoms with Gasteiger partial charge in [-0.25, -0.2) is 0 Å². The van der Waals surface area contributed by atoms with E-state index < -0.39 is 0 Å². The van der Waals surface area contributed by atoms with E-state index >= 15 is 0 Å². The third kappa shape index (κ3) is 4.40. The predicted molar refractivity (Wildman–Crippen MR) is 89.0 cm³/mol. The second kappa shape index (κ2) is 7.36. The molecule has 100 valence electrons. The van der Waals surface area contributed by atoms with Crippen molar-refractivity contribution in [1.82, 2.24) is 0 Å². The van der Waals surface area contributed by atoms with Crippen LogP contribution in [-0.2, 0) is 0 Å². The summed E-state index contributed by atoms with van der Waals surface area (Å²) in [5.74, 6) is 0. The summed E-state index contributed by atoms with van der Waals surface area (Å²) in [5.41, 5.74) is 2.17. The van der Waals surface area contributed by atoms with Gasteiger partial charge in [0.2, 0.25) is 0 Å². The summed E-state index contributed by atoms with van der Waals surface area (Å²) in [7, 11) is 0. The monoisotopic (exact) mass is 290 g/mol. The van der Waals surface area contributed by atoms with E-state index in [-0.39, 0.29) is 0 Å². The molecule has 0 radical (unpaired) electrons. The lowest BCUT2D eigenvalue weighted by atomic mass is 10.3. The van der Waals surface area contributed by atoms with Crippen molar-refractivity contribution in [3.63, 3.8) is 0 Å². The molecule has 0 aromatic heterocycles. The maximum atomic E-state index is 4.41. The molecule has 0 saturated heterocycles. The fourth-order valence-corrected chi connectivity index (χ4v) is 2.26. The molecule has 2 aromatic rings. The summed E-state index contributed by atoms with van der Waals surface area (Å²) in [6.45, 7) is 1.83. The normalized spacial score (nSPS) is 10.2. The van der Waals surface area contributed by atoms with Gasteiger partial charge in [-0.1, -0.05) is 24.3 Å². The Morgan fingerprint density at radius 1 is 0.684 bits per heavy atom. The Kier molecular flexibility index (Phi) is 5.48. The number of benzene rings is 2. The van der Waals surface area contributed by atoms with Crippen molar-refractivity contribution in [2.24, 2.45) is 0 Å². The predicted octanol–water partition coefficient (Wildman–Crippen LogP) is 4.18. The number of thiol groups is 2. The molecule has 2 aromatic carbocycles. The molecule has 0 bridgehead atoms. The van der Waals surface area contributed by atoms with Crippen LogP contribution in [0.1, 0.15) is 6.42 Å². The molecule has 0 fully saturated rings. The van der Waals surface area contributed by atoms with Crippen LogP contribution >= 0.6 is 25.3 Å². The summed E-state index contributed by atoms with van der Waals surface area (Å²) in [6.07, 6.45) is 1.03. The van der Waals surface area contributed by atoms with Crippen LogP contribution in [0.4, 0.5) is 11.4 Å². The zero-order valence-electron chi connectivity index (χ0n) is 10.6. The largest absolute Gasteiger partial charge is 0.384 e. The maximum Gasteiger partial charge on any atom is 0.0475 e. The molecule has 0 amide bonds. The van der Waals surface area contributed by atoms with Crippen molar-refractivity contribution >= 4 is 36.6 Å². The van der Waals surface area contributed by atoms with E-state index in [1.54, 1.807) is 0 Å². The standard InChI is InChI=1S/C15H18N2S2/c18-14-8-3-1-6-12(14)16-10-5-11-17-13-7-2-4-9-15(13)19/h1-4,6-9,16-19H,5,10-11H2. The minimum atomic E-state index is 0.916. The van der Waals surface area contributed by atoms with Crippen LogP contribution in [-0.4, -0.2) is 13.1 Å². The van der Waals surface area contributed by atoms with E-state index in [1.807, 2.05) is 48.5 Å². The molecule has 2 rings (SSSR count). The lowest BCUT2D eigenvalue weighted by Crippen LogP contribution is -2.09. The maximum absolute atomic E-state index is 4.41. The summed E-state index contributed by atoms with van der Waals surface area (Å²) >= 11 is 8.81. The molecule has 2 nitrogen and oxygen atoms in total. The van der Waals surface area contributed by atoms with Crippen LogP contribution in [0.2, 0.25) is 0 Å². The average Bonchev–Trinajstić information content (AvgIpc) is 2.42. The van der Waals surface area contributed by atoms with Crippen LogP contribution in [0.5, 0.6) is 0 Å². The van der Waals surface area contributed by atoms with Gasteiger partial charge >= 0.3 is 0 Å². The third-order valence-corrected chi connectivity index (χ3v) is 3.57. The summed E-state index contributed by atoms with van der Waals surface area (Å²) in [6, 6.07) is 16.0. The van der Waals surface area contributed by atoms with Gasteiger partial charge in [0.15, 0.2) is 0 Å². The van der Waals surface area contributed by atoms with Crippen LogP contribution in [0.25, 0.3) is 0 Å². The van der Waals surface area contributed by atoms with Crippen molar-refractivity contribution in [2.45, 2.75) is 16.2 Å². The van der Waals surface area contributed by atoms with E-state index in [2.05, 4.69) is 35.9 Å². The summed E-state index contributed by atoms with van der Waals surface area (Å²) < 4.78 is 0. The van der Waals surface area contributed by atoms with Gasteiger partial charge in [0.1, 0.15) is 0 Å². The highest BCUT2D eigenvalue weighted by atomic mass is 32.1. The van der Waals surface area contributed by atoms with Crippen molar-refractivity contribution in [2.75, 3.05) is 23.7 Å². The van der Waals surface area contributed by atoms with Gasteiger partial charge in [-0.3, -0.25) is 0 Å². The van der Waals surface area contributed by atoms with Gasteiger partial charge in [-0.15, -0.1) is 25.3 Å². The average molecular weight is 290 g/mol. The molecule has 0 aliphatic rings. The van der Waals surface area contributed by atoms with E-state index in [0.29, 0.717) is 0 Å². The van der Waals surface area contributed by atoms with E-state index in [1.165, 1.54) is 0 Å². The highest BCUT2D eigenvalue weighted by Gasteiger charge is 1.97. The van der Waals surface area contributed by atoms with Gasteiger partial charge in [0.05, 0.1) is 0 Å².